The van der Waals surface area contributed by atoms with Crippen molar-refractivity contribution in [1.82, 2.24) is 0 Å². The van der Waals surface area contributed by atoms with Crippen LogP contribution in [0.5, 0.6) is 0 Å². The molecule has 3 nitrogen and oxygen atoms in total. The number of hydrogen-bond donors (Lipinski definition) is 1. The van der Waals surface area contributed by atoms with E-state index >= 15 is 0 Å². The Labute approximate surface area is 92.6 Å². The Morgan fingerprint density at radius 3 is 2.07 bits per heavy atom. The molecule has 0 aliphatic heterocycles. The van der Waals surface area contributed by atoms with E-state index in [9.17, 15) is 17.2 Å². The molecule has 0 saturated carbocycles. The van der Waals surface area contributed by atoms with Gasteiger partial charge in [-0.25, -0.2) is 8.42 Å². The van der Waals surface area contributed by atoms with E-state index in [0.717, 1.165) is 12.1 Å². The van der Waals surface area contributed by atoms with E-state index in [4.69, 9.17) is 0 Å². The molecule has 0 bridgehead atoms. The molecule has 0 heterocycles. The highest BCUT2D eigenvalue weighted by atomic mass is 35.5. The van der Waals surface area contributed by atoms with Crippen LogP contribution in [-0.4, -0.2) is 20.2 Å². The number of sulfone groups is 1. The summed E-state index contributed by atoms with van der Waals surface area (Å²) < 4.78 is 48.5. The number of quaternary nitrogens is 1. The van der Waals surface area contributed by atoms with Crippen LogP contribution in [0.2, 0.25) is 0 Å². The van der Waals surface area contributed by atoms with E-state index < -0.39 is 21.6 Å². The number of halogens is 3. The van der Waals surface area contributed by atoms with Crippen LogP contribution in [0.15, 0.2) is 35.2 Å². The van der Waals surface area contributed by atoms with Crippen molar-refractivity contribution in [2.24, 2.45) is 0 Å². The van der Waals surface area contributed by atoms with Crippen molar-refractivity contribution in [3.05, 3.63) is 30.3 Å². The summed E-state index contributed by atoms with van der Waals surface area (Å²) in [6.45, 7) is -0.968. The summed E-state index contributed by atoms with van der Waals surface area (Å²) in [4.78, 5) is -0.381. The maximum absolute atomic E-state index is 13.0. The zero-order valence-electron chi connectivity index (χ0n) is 7.66. The lowest BCUT2D eigenvalue weighted by Crippen LogP contribution is -3.00. The molecule has 3 N–H and O–H groups in total. The largest absolute Gasteiger partial charge is 1.00 e. The van der Waals surface area contributed by atoms with E-state index in [2.05, 4.69) is 5.73 Å². The summed E-state index contributed by atoms with van der Waals surface area (Å²) in [7, 11) is -4.58. The maximum atomic E-state index is 13.0. The van der Waals surface area contributed by atoms with Gasteiger partial charge in [0, 0.05) is 0 Å². The Hall–Kier alpha value is -0.720. The van der Waals surface area contributed by atoms with Crippen LogP contribution in [0.3, 0.4) is 0 Å². The average Bonchev–Trinajstić information content (AvgIpc) is 2.19. The Morgan fingerprint density at radius 2 is 1.67 bits per heavy atom. The summed E-state index contributed by atoms with van der Waals surface area (Å²) in [5, 5.41) is -3.80. The van der Waals surface area contributed by atoms with E-state index in [1.165, 1.54) is 12.1 Å². The van der Waals surface area contributed by atoms with E-state index in [1.807, 2.05) is 0 Å². The van der Waals surface area contributed by atoms with Gasteiger partial charge in [0.05, 0.1) is 4.90 Å². The lowest BCUT2D eigenvalue weighted by Gasteiger charge is -2.12. The highest BCUT2D eigenvalue weighted by molar-refractivity contribution is 7.92. The molecule has 0 aromatic heterocycles. The van der Waals surface area contributed by atoms with Crippen molar-refractivity contribution in [2.75, 3.05) is 6.54 Å². The van der Waals surface area contributed by atoms with Crippen LogP contribution < -0.4 is 18.1 Å². The first kappa shape index (κ1) is 14.3. The Bertz CT molecular complexity index is 408. The fourth-order valence-electron chi connectivity index (χ4n) is 0.906. The van der Waals surface area contributed by atoms with Gasteiger partial charge in [-0.05, 0) is 12.1 Å². The molecule has 0 amide bonds. The molecule has 0 aliphatic carbocycles. The van der Waals surface area contributed by atoms with Gasteiger partial charge in [-0.15, -0.1) is 0 Å². The van der Waals surface area contributed by atoms with Gasteiger partial charge in [0.25, 0.3) is 0 Å². The zero-order valence-corrected chi connectivity index (χ0v) is 9.23. The minimum atomic E-state index is -4.58. The van der Waals surface area contributed by atoms with Crippen molar-refractivity contribution >= 4 is 9.84 Å². The number of alkyl halides is 2. The fourth-order valence-corrected chi connectivity index (χ4v) is 2.04. The van der Waals surface area contributed by atoms with Gasteiger partial charge in [-0.3, -0.25) is 0 Å². The van der Waals surface area contributed by atoms with E-state index in [1.54, 1.807) is 6.07 Å². The molecule has 1 aromatic rings. The molecule has 0 aliphatic rings. The van der Waals surface area contributed by atoms with Crippen LogP contribution in [-0.2, 0) is 9.84 Å². The fraction of sp³-hybridized carbons (Fsp3) is 0.250. The smallest absolute Gasteiger partial charge is 0.396 e. The normalized spacial score (nSPS) is 11.9. The summed E-state index contributed by atoms with van der Waals surface area (Å²) in [6.07, 6.45) is 0. The first-order valence-electron chi connectivity index (χ1n) is 3.88. The van der Waals surface area contributed by atoms with Gasteiger partial charge in [0.2, 0.25) is 9.84 Å². The topological polar surface area (TPSA) is 61.8 Å². The first-order chi connectivity index (χ1) is 6.42. The number of benzene rings is 1. The van der Waals surface area contributed by atoms with Crippen LogP contribution in [0.25, 0.3) is 0 Å². The van der Waals surface area contributed by atoms with Gasteiger partial charge >= 0.3 is 5.25 Å². The summed E-state index contributed by atoms with van der Waals surface area (Å²) >= 11 is 0. The summed E-state index contributed by atoms with van der Waals surface area (Å²) in [5.41, 5.74) is 2.92. The molecule has 15 heavy (non-hydrogen) atoms. The Morgan fingerprint density at radius 1 is 1.20 bits per heavy atom. The lowest BCUT2D eigenvalue weighted by molar-refractivity contribution is -0.394. The second kappa shape index (κ2) is 4.87. The standard InChI is InChI=1S/C8H9F2NO2S.ClH/c9-8(10,6-11)14(12,13)7-4-2-1-3-5-7;/h1-5H,6,11H2;1H. The zero-order chi connectivity index (χ0) is 10.8. The van der Waals surface area contributed by atoms with Crippen molar-refractivity contribution in [3.8, 4) is 0 Å². The second-order valence-corrected chi connectivity index (χ2v) is 4.78. The van der Waals surface area contributed by atoms with Gasteiger partial charge in [-0.1, -0.05) is 18.2 Å². The first-order valence-corrected chi connectivity index (χ1v) is 5.37. The summed E-state index contributed by atoms with van der Waals surface area (Å²) in [6, 6.07) is 6.62. The molecule has 0 atom stereocenters. The molecule has 0 fully saturated rings. The van der Waals surface area contributed by atoms with E-state index in [0.29, 0.717) is 0 Å². The third kappa shape index (κ3) is 2.64. The SMILES string of the molecule is [Cl-].[NH3+]CC(F)(F)S(=O)(=O)c1ccccc1. The molecule has 7 heteroatoms. The maximum Gasteiger partial charge on any atom is 0.396 e. The predicted octanol–water partition coefficient (Wildman–Crippen LogP) is -2.70. The van der Waals surface area contributed by atoms with Crippen molar-refractivity contribution in [3.63, 3.8) is 0 Å². The van der Waals surface area contributed by atoms with Gasteiger partial charge < -0.3 is 18.1 Å². The van der Waals surface area contributed by atoms with Crippen LogP contribution in [0.4, 0.5) is 8.78 Å². The number of hydrogen-bond acceptors (Lipinski definition) is 2. The Balaban J connectivity index is 0.00000196. The second-order valence-electron chi connectivity index (χ2n) is 2.70. The molecule has 0 saturated heterocycles. The molecule has 1 aromatic carbocycles. The minimum Gasteiger partial charge on any atom is -1.00 e. The average molecular weight is 258 g/mol. The molecule has 0 spiro atoms. The molecule has 0 unspecified atom stereocenters. The minimum absolute atomic E-state index is 0. The van der Waals surface area contributed by atoms with Crippen LogP contribution >= 0.6 is 0 Å². The quantitative estimate of drug-likeness (QED) is 0.641. The van der Waals surface area contributed by atoms with E-state index in [-0.39, 0.29) is 17.3 Å². The highest BCUT2D eigenvalue weighted by Crippen LogP contribution is 2.26. The lowest BCUT2D eigenvalue weighted by atomic mass is 10.4. The van der Waals surface area contributed by atoms with Crippen molar-refractivity contribution < 1.29 is 35.3 Å². The Kier molecular flexibility index (Phi) is 4.64. The third-order valence-corrected chi connectivity index (χ3v) is 3.62. The predicted molar refractivity (Wildman–Crippen MR) is 46.3 cm³/mol. The molecule has 0 radical (unpaired) electrons. The molecule has 1 rings (SSSR count). The van der Waals surface area contributed by atoms with Gasteiger partial charge in [-0.2, -0.15) is 8.78 Å². The van der Waals surface area contributed by atoms with Crippen molar-refractivity contribution in [1.29, 1.82) is 0 Å². The van der Waals surface area contributed by atoms with Gasteiger partial charge in [0.15, 0.2) is 6.54 Å². The molecule has 86 valence electrons. The third-order valence-electron chi connectivity index (χ3n) is 1.74. The monoisotopic (exact) mass is 257 g/mol. The van der Waals surface area contributed by atoms with Gasteiger partial charge in [0.1, 0.15) is 0 Å². The highest BCUT2D eigenvalue weighted by Gasteiger charge is 2.46. The molecular weight excluding hydrogens is 248 g/mol. The summed E-state index contributed by atoms with van der Waals surface area (Å²) in [5.74, 6) is 0. The number of rotatable bonds is 3. The van der Waals surface area contributed by atoms with Crippen molar-refractivity contribution in [2.45, 2.75) is 10.2 Å². The van der Waals surface area contributed by atoms with Crippen LogP contribution in [0, 0.1) is 0 Å². The molecular formula is C8H10ClF2NO2S. The van der Waals surface area contributed by atoms with Crippen LogP contribution in [0.1, 0.15) is 0 Å².